The number of alkyl halides is 3. The summed E-state index contributed by atoms with van der Waals surface area (Å²) in [5.41, 5.74) is -1.96. The first-order valence-electron chi connectivity index (χ1n) is 6.66. The van der Waals surface area contributed by atoms with E-state index in [1.165, 1.54) is 18.2 Å². The predicted octanol–water partition coefficient (Wildman–Crippen LogP) is 5.58. The largest absolute Gasteiger partial charge is 0.435 e. The average molecular weight is 360 g/mol. The van der Waals surface area contributed by atoms with Crippen LogP contribution in [0.4, 0.5) is 13.2 Å². The Morgan fingerprint density at radius 2 is 1.61 bits per heavy atom. The zero-order valence-electron chi connectivity index (χ0n) is 11.6. The Bertz CT molecular complexity index is 741. The van der Waals surface area contributed by atoms with Crippen molar-refractivity contribution in [2.45, 2.75) is 18.2 Å². The molecule has 0 saturated heterocycles. The van der Waals surface area contributed by atoms with Gasteiger partial charge in [-0.1, -0.05) is 58.7 Å². The molecule has 0 spiro atoms. The van der Waals surface area contributed by atoms with Crippen molar-refractivity contribution in [3.8, 4) is 0 Å². The lowest BCUT2D eigenvalue weighted by atomic mass is 9.86. The first kappa shape index (κ1) is 16.1. The van der Waals surface area contributed by atoms with E-state index in [4.69, 9.17) is 28.0 Å². The highest BCUT2D eigenvalue weighted by molar-refractivity contribution is 6.34. The van der Waals surface area contributed by atoms with Gasteiger partial charge in [0, 0.05) is 22.0 Å². The molecule has 0 saturated carbocycles. The summed E-state index contributed by atoms with van der Waals surface area (Å²) >= 11 is 11.7. The molecule has 0 N–H and O–H groups in total. The van der Waals surface area contributed by atoms with E-state index in [1.54, 1.807) is 30.3 Å². The second-order valence-corrected chi connectivity index (χ2v) is 6.03. The maximum atomic E-state index is 13.8. The van der Waals surface area contributed by atoms with Gasteiger partial charge >= 0.3 is 6.18 Å². The molecule has 0 aliphatic carbocycles. The Labute approximate surface area is 140 Å². The Kier molecular flexibility index (Phi) is 4.02. The lowest BCUT2D eigenvalue weighted by Gasteiger charge is -2.29. The van der Waals surface area contributed by atoms with E-state index in [0.717, 1.165) is 0 Å². The van der Waals surface area contributed by atoms with Gasteiger partial charge in [0.05, 0.1) is 5.71 Å². The Hall–Kier alpha value is -1.72. The highest BCUT2D eigenvalue weighted by atomic mass is 35.5. The van der Waals surface area contributed by atoms with Crippen LogP contribution in [-0.2, 0) is 10.4 Å². The fourth-order valence-electron chi connectivity index (χ4n) is 2.48. The van der Waals surface area contributed by atoms with Gasteiger partial charge in [0.25, 0.3) is 5.60 Å². The van der Waals surface area contributed by atoms with Gasteiger partial charge in [0.15, 0.2) is 0 Å². The third-order valence-corrected chi connectivity index (χ3v) is 4.06. The van der Waals surface area contributed by atoms with Gasteiger partial charge in [0.1, 0.15) is 0 Å². The summed E-state index contributed by atoms with van der Waals surface area (Å²) in [6.45, 7) is 0. The Morgan fingerprint density at radius 1 is 1.00 bits per heavy atom. The van der Waals surface area contributed by atoms with Crippen LogP contribution in [-0.4, -0.2) is 11.9 Å². The molecule has 1 unspecified atom stereocenters. The third-order valence-electron chi connectivity index (χ3n) is 3.62. The van der Waals surface area contributed by atoms with Gasteiger partial charge in [0.2, 0.25) is 0 Å². The van der Waals surface area contributed by atoms with E-state index in [9.17, 15) is 13.2 Å². The summed E-state index contributed by atoms with van der Waals surface area (Å²) in [6, 6.07) is 12.3. The fraction of sp³-hybridized carbons (Fsp3) is 0.188. The molecule has 0 amide bonds. The van der Waals surface area contributed by atoms with Crippen molar-refractivity contribution in [2.75, 3.05) is 0 Å². The number of oxime groups is 1. The maximum Gasteiger partial charge on any atom is 0.435 e. The molecule has 0 fully saturated rings. The molecular weight excluding hydrogens is 350 g/mol. The van der Waals surface area contributed by atoms with E-state index >= 15 is 0 Å². The monoisotopic (exact) mass is 359 g/mol. The van der Waals surface area contributed by atoms with Crippen LogP contribution < -0.4 is 0 Å². The van der Waals surface area contributed by atoms with E-state index < -0.39 is 18.2 Å². The quantitative estimate of drug-likeness (QED) is 0.686. The van der Waals surface area contributed by atoms with Crippen LogP contribution in [0.2, 0.25) is 10.0 Å². The lowest BCUT2D eigenvalue weighted by molar-refractivity contribution is -0.275. The Balaban J connectivity index is 2.05. The van der Waals surface area contributed by atoms with Gasteiger partial charge in [-0.15, -0.1) is 0 Å². The van der Waals surface area contributed by atoms with Crippen molar-refractivity contribution in [1.29, 1.82) is 0 Å². The molecule has 23 heavy (non-hydrogen) atoms. The van der Waals surface area contributed by atoms with Crippen molar-refractivity contribution in [2.24, 2.45) is 5.16 Å². The number of hydrogen-bond donors (Lipinski definition) is 0. The van der Waals surface area contributed by atoms with Crippen LogP contribution in [0.15, 0.2) is 53.7 Å². The number of hydrogen-bond acceptors (Lipinski definition) is 2. The van der Waals surface area contributed by atoms with Crippen molar-refractivity contribution in [1.82, 2.24) is 0 Å². The second kappa shape index (κ2) is 5.73. The second-order valence-electron chi connectivity index (χ2n) is 5.15. The number of benzene rings is 2. The van der Waals surface area contributed by atoms with Crippen LogP contribution in [0.5, 0.6) is 0 Å². The summed E-state index contributed by atoms with van der Waals surface area (Å²) in [5.74, 6) is 0. The smallest absolute Gasteiger partial charge is 0.374 e. The molecule has 1 aliphatic heterocycles. The topological polar surface area (TPSA) is 21.6 Å². The molecule has 2 nitrogen and oxygen atoms in total. The minimum Gasteiger partial charge on any atom is -0.374 e. The fourth-order valence-corrected chi connectivity index (χ4v) is 3.00. The normalized spacial score (nSPS) is 21.0. The van der Waals surface area contributed by atoms with Crippen molar-refractivity contribution < 1.29 is 18.0 Å². The summed E-state index contributed by atoms with van der Waals surface area (Å²) in [4.78, 5) is 4.91. The van der Waals surface area contributed by atoms with Gasteiger partial charge < -0.3 is 4.84 Å². The molecule has 0 bridgehead atoms. The highest BCUT2D eigenvalue weighted by Crippen LogP contribution is 2.49. The minimum atomic E-state index is -4.68. The predicted molar refractivity (Wildman–Crippen MR) is 82.9 cm³/mol. The van der Waals surface area contributed by atoms with E-state index in [2.05, 4.69) is 5.16 Å². The van der Waals surface area contributed by atoms with Gasteiger partial charge in [-0.25, -0.2) is 0 Å². The standard InChI is InChI=1S/C16H10Cl2F3NO/c17-12-6-11(7-13(18)8-12)15(16(19,20)21)9-14(22-23-15)10-4-2-1-3-5-10/h1-8H,9H2. The summed E-state index contributed by atoms with van der Waals surface area (Å²) in [6.07, 6.45) is -5.13. The van der Waals surface area contributed by atoms with Crippen molar-refractivity contribution >= 4 is 28.9 Å². The van der Waals surface area contributed by atoms with Crippen LogP contribution in [0.3, 0.4) is 0 Å². The minimum absolute atomic E-state index is 0.105. The molecule has 1 aliphatic rings. The molecule has 3 rings (SSSR count). The van der Waals surface area contributed by atoms with Crippen molar-refractivity contribution in [3.05, 3.63) is 69.7 Å². The molecule has 7 heteroatoms. The lowest BCUT2D eigenvalue weighted by Crippen LogP contribution is -2.42. The van der Waals surface area contributed by atoms with Gasteiger partial charge in [-0.05, 0) is 23.8 Å². The third kappa shape index (κ3) is 2.91. The van der Waals surface area contributed by atoms with Gasteiger partial charge in [-0.3, -0.25) is 0 Å². The first-order valence-corrected chi connectivity index (χ1v) is 7.41. The van der Waals surface area contributed by atoms with E-state index in [-0.39, 0.29) is 21.3 Å². The Morgan fingerprint density at radius 3 is 2.17 bits per heavy atom. The van der Waals surface area contributed by atoms with Crippen LogP contribution in [0.1, 0.15) is 17.5 Å². The molecule has 1 heterocycles. The number of nitrogens with zero attached hydrogens (tertiary/aromatic N) is 1. The molecule has 0 aromatic heterocycles. The maximum absolute atomic E-state index is 13.8. The molecule has 0 radical (unpaired) electrons. The van der Waals surface area contributed by atoms with Gasteiger partial charge in [-0.2, -0.15) is 13.2 Å². The van der Waals surface area contributed by atoms with Crippen LogP contribution in [0, 0.1) is 0 Å². The SMILES string of the molecule is FC(F)(F)C1(c2cc(Cl)cc(Cl)c2)CC(c2ccccc2)=NO1. The summed E-state index contributed by atoms with van der Waals surface area (Å²) < 4.78 is 41.3. The molecule has 1 atom stereocenters. The molecule has 2 aromatic rings. The first-order chi connectivity index (χ1) is 10.8. The number of rotatable bonds is 2. The average Bonchev–Trinajstić information content (AvgIpc) is 2.93. The molecule has 2 aromatic carbocycles. The molecular formula is C16H10Cl2F3NO. The number of halogens is 5. The summed E-state index contributed by atoms with van der Waals surface area (Å²) in [7, 11) is 0. The van der Waals surface area contributed by atoms with Crippen LogP contribution in [0.25, 0.3) is 0 Å². The zero-order chi connectivity index (χ0) is 16.7. The van der Waals surface area contributed by atoms with E-state index in [1.807, 2.05) is 0 Å². The zero-order valence-corrected chi connectivity index (χ0v) is 13.1. The summed E-state index contributed by atoms with van der Waals surface area (Å²) in [5, 5.41) is 3.88. The van der Waals surface area contributed by atoms with Crippen LogP contribution >= 0.6 is 23.2 Å². The van der Waals surface area contributed by atoms with Crippen molar-refractivity contribution in [3.63, 3.8) is 0 Å². The van der Waals surface area contributed by atoms with E-state index in [0.29, 0.717) is 5.56 Å². The highest BCUT2D eigenvalue weighted by Gasteiger charge is 2.62. The molecule has 120 valence electrons.